The van der Waals surface area contributed by atoms with Gasteiger partial charge in [-0.1, -0.05) is 76.8 Å². The molecule has 4 fully saturated rings. The third-order valence-electron chi connectivity index (χ3n) is 10.2. The summed E-state index contributed by atoms with van der Waals surface area (Å²) in [6.07, 6.45) is 7.39. The van der Waals surface area contributed by atoms with Gasteiger partial charge in [-0.05, 0) is 68.3 Å². The maximum Gasteiger partial charge on any atom is 0.407 e. The van der Waals surface area contributed by atoms with E-state index in [0.29, 0.717) is 12.0 Å². The van der Waals surface area contributed by atoms with Crippen LogP contribution in [0.3, 0.4) is 0 Å². The summed E-state index contributed by atoms with van der Waals surface area (Å²) < 4.78 is 5.39. The van der Waals surface area contributed by atoms with Crippen molar-refractivity contribution in [3.63, 3.8) is 0 Å². The molecule has 4 atom stereocenters. The van der Waals surface area contributed by atoms with E-state index in [0.717, 1.165) is 57.8 Å². The van der Waals surface area contributed by atoms with E-state index in [9.17, 15) is 33.6 Å². The molecule has 14 heteroatoms. The van der Waals surface area contributed by atoms with E-state index < -0.39 is 66.2 Å². The highest BCUT2D eigenvalue weighted by atomic mass is 16.5. The molecule has 6 amide bonds. The molecule has 0 radical (unpaired) electrons. The van der Waals surface area contributed by atoms with Crippen molar-refractivity contribution in [2.45, 2.75) is 122 Å². The van der Waals surface area contributed by atoms with Gasteiger partial charge in [0.25, 0.3) is 5.91 Å². The Morgan fingerprint density at radius 1 is 0.882 bits per heavy atom. The van der Waals surface area contributed by atoms with Gasteiger partial charge < -0.3 is 36.6 Å². The van der Waals surface area contributed by atoms with Crippen molar-refractivity contribution in [1.29, 1.82) is 0 Å². The minimum absolute atomic E-state index is 0.0942. The molecular formula is C37H54N6O8. The van der Waals surface area contributed by atoms with Gasteiger partial charge in [0.15, 0.2) is 0 Å². The summed E-state index contributed by atoms with van der Waals surface area (Å²) in [4.78, 5) is 94.0. The quantitative estimate of drug-likeness (QED) is 0.161. The molecule has 2 heterocycles. The Morgan fingerprint density at radius 2 is 1.55 bits per heavy atom. The number of carbonyl (C=O) groups excluding carboxylic acids is 7. The van der Waals surface area contributed by atoms with Crippen LogP contribution >= 0.6 is 0 Å². The lowest BCUT2D eigenvalue weighted by Gasteiger charge is -2.52. The van der Waals surface area contributed by atoms with Crippen LogP contribution in [0.15, 0.2) is 30.3 Å². The fourth-order valence-electron chi connectivity index (χ4n) is 7.62. The fraction of sp³-hybridized carbons (Fsp3) is 0.649. The average molecular weight is 711 g/mol. The van der Waals surface area contributed by atoms with Gasteiger partial charge in [-0.15, -0.1) is 0 Å². The third kappa shape index (κ3) is 10.5. The summed E-state index contributed by atoms with van der Waals surface area (Å²) in [5.74, 6) is -4.48. The lowest BCUT2D eigenvalue weighted by Crippen LogP contribution is -2.67. The third-order valence-corrected chi connectivity index (χ3v) is 10.2. The van der Waals surface area contributed by atoms with E-state index in [-0.39, 0.29) is 42.7 Å². The molecular weight excluding hydrogens is 656 g/mol. The van der Waals surface area contributed by atoms with Gasteiger partial charge in [0.05, 0.1) is 19.2 Å². The molecule has 2 aliphatic heterocycles. The van der Waals surface area contributed by atoms with Crippen LogP contribution in [0, 0.1) is 17.8 Å². The van der Waals surface area contributed by atoms with Gasteiger partial charge in [0.2, 0.25) is 29.4 Å². The first-order valence-corrected chi connectivity index (χ1v) is 18.4. The van der Waals surface area contributed by atoms with Gasteiger partial charge in [-0.2, -0.15) is 0 Å². The smallest absolute Gasteiger partial charge is 0.407 e. The molecule has 4 unspecified atom stereocenters. The van der Waals surface area contributed by atoms with Gasteiger partial charge >= 0.3 is 6.09 Å². The second-order valence-corrected chi connectivity index (χ2v) is 14.5. The maximum absolute atomic E-state index is 14.5. The van der Waals surface area contributed by atoms with E-state index in [1.165, 1.54) is 0 Å². The number of hydrogen-bond acceptors (Lipinski definition) is 8. The summed E-state index contributed by atoms with van der Waals surface area (Å²) in [7, 11) is 0. The molecule has 2 aliphatic carbocycles. The normalized spacial score (nSPS) is 21.9. The molecule has 1 aromatic rings. The Labute approximate surface area is 299 Å². The predicted molar refractivity (Wildman–Crippen MR) is 187 cm³/mol. The number of amides is 6. The van der Waals surface area contributed by atoms with Crippen molar-refractivity contribution in [2.75, 3.05) is 13.2 Å². The summed E-state index contributed by atoms with van der Waals surface area (Å²) in [6, 6.07) is 4.13. The topological polar surface area (TPSA) is 206 Å². The zero-order valence-electron chi connectivity index (χ0n) is 30.0. The number of hydrogen-bond donors (Lipinski definition) is 5. The molecule has 1 aromatic carbocycles. The predicted octanol–water partition coefficient (Wildman–Crippen LogP) is 2.40. The maximum atomic E-state index is 14.5. The lowest BCUT2D eigenvalue weighted by atomic mass is 9.73. The number of nitrogens with one attached hydrogen (secondary N) is 4. The minimum atomic E-state index is -1.19. The highest BCUT2D eigenvalue weighted by molar-refractivity contribution is 6.38. The first-order chi connectivity index (χ1) is 24.4. The number of benzene rings is 1. The van der Waals surface area contributed by atoms with E-state index in [1.54, 1.807) is 35.2 Å². The largest absolute Gasteiger partial charge is 0.449 e. The molecule has 0 aromatic heterocycles. The number of rotatable bonds is 16. The molecule has 2 bridgehead atoms. The van der Waals surface area contributed by atoms with Crippen molar-refractivity contribution in [3.05, 3.63) is 35.9 Å². The van der Waals surface area contributed by atoms with E-state index in [2.05, 4.69) is 21.3 Å². The number of Topliss-reactive ketones (excluding diaryl/α,β-unsaturated/α-hetero) is 1. The molecule has 280 valence electrons. The van der Waals surface area contributed by atoms with Crippen molar-refractivity contribution in [2.24, 2.45) is 23.5 Å². The Morgan fingerprint density at radius 3 is 2.16 bits per heavy atom. The molecule has 5 rings (SSSR count). The van der Waals surface area contributed by atoms with Crippen LogP contribution in [0.1, 0.15) is 103 Å². The standard InChI is InChI=1S/C37H54N6O8/c1-4-11-27(32(45)35(48)39-20-28(44)41-29(33(38)46)23-12-7-5-8-13-23)40-34(47)31-25-16-18-26(19-17-25)43(31)36(49)30(24-14-9-6-10-15-24)42-37(50)51-21-22(2)3/h5,7-8,12-13,22,24-27,29-31H,4,6,9-11,14-21H2,1-3H3,(H2,38,46)(H,39,48)(H,40,47)(H,41,44)(H,42,50). The number of alkyl carbamates (subject to hydrolysis) is 1. The van der Waals surface area contributed by atoms with Gasteiger partial charge in [0, 0.05) is 6.04 Å². The number of ether oxygens (including phenoxy) is 1. The molecule has 14 nitrogen and oxygen atoms in total. The van der Waals surface area contributed by atoms with E-state index in [4.69, 9.17) is 10.5 Å². The van der Waals surface area contributed by atoms with Crippen LogP contribution in [-0.4, -0.2) is 83.6 Å². The molecule has 51 heavy (non-hydrogen) atoms. The zero-order chi connectivity index (χ0) is 37.1. The van der Waals surface area contributed by atoms with Crippen molar-refractivity contribution < 1.29 is 38.3 Å². The molecule has 2 saturated heterocycles. The molecule has 4 aliphatic rings. The SMILES string of the molecule is CCCC(NC(=O)C1C2CCC(CC2)N1C(=O)C(NC(=O)OCC(C)C)C1CCCCC1)C(=O)C(=O)NCC(=O)NC(C(N)=O)c1ccccc1. The summed E-state index contributed by atoms with van der Waals surface area (Å²) in [6.45, 7) is 5.27. The Bertz CT molecular complexity index is 1410. The number of piperidine rings is 2. The second kappa shape index (κ2) is 18.7. The fourth-order valence-corrected chi connectivity index (χ4v) is 7.62. The highest BCUT2D eigenvalue weighted by Gasteiger charge is 2.50. The van der Waals surface area contributed by atoms with Gasteiger partial charge in [-0.3, -0.25) is 28.8 Å². The monoisotopic (exact) mass is 710 g/mol. The summed E-state index contributed by atoms with van der Waals surface area (Å²) in [5.41, 5.74) is 5.93. The second-order valence-electron chi connectivity index (χ2n) is 14.5. The number of primary amides is 1. The number of nitrogens with two attached hydrogens (primary N) is 1. The number of fused-ring (bicyclic) bond motifs is 3. The van der Waals surface area contributed by atoms with Crippen molar-refractivity contribution in [1.82, 2.24) is 26.2 Å². The Hall–Kier alpha value is -4.49. The van der Waals surface area contributed by atoms with Crippen LogP contribution in [-0.2, 0) is 33.5 Å². The van der Waals surface area contributed by atoms with Crippen LogP contribution in [0.25, 0.3) is 0 Å². The van der Waals surface area contributed by atoms with Gasteiger partial charge in [0.1, 0.15) is 18.1 Å². The molecule has 6 N–H and O–H groups in total. The lowest BCUT2D eigenvalue weighted by molar-refractivity contribution is -0.157. The first kappa shape index (κ1) is 39.3. The van der Waals surface area contributed by atoms with Gasteiger partial charge in [-0.25, -0.2) is 4.79 Å². The van der Waals surface area contributed by atoms with Crippen LogP contribution in [0.2, 0.25) is 0 Å². The van der Waals surface area contributed by atoms with Crippen molar-refractivity contribution >= 4 is 41.4 Å². The Kier molecular flexibility index (Phi) is 14.4. The number of nitrogens with zero attached hydrogens (tertiary/aromatic N) is 1. The van der Waals surface area contributed by atoms with Crippen LogP contribution in [0.5, 0.6) is 0 Å². The summed E-state index contributed by atoms with van der Waals surface area (Å²) in [5, 5.41) is 10.4. The zero-order valence-corrected chi connectivity index (χ0v) is 30.0. The van der Waals surface area contributed by atoms with E-state index >= 15 is 0 Å². The Balaban J connectivity index is 1.44. The van der Waals surface area contributed by atoms with Crippen molar-refractivity contribution in [3.8, 4) is 0 Å². The van der Waals surface area contributed by atoms with Crippen LogP contribution in [0.4, 0.5) is 4.79 Å². The highest BCUT2D eigenvalue weighted by Crippen LogP contribution is 2.41. The average Bonchev–Trinajstić information content (AvgIpc) is 3.14. The first-order valence-electron chi connectivity index (χ1n) is 18.4. The molecule has 2 saturated carbocycles. The van der Waals surface area contributed by atoms with Crippen LogP contribution < -0.4 is 27.0 Å². The number of ketones is 1. The van der Waals surface area contributed by atoms with E-state index in [1.807, 2.05) is 20.8 Å². The number of carbonyl (C=O) groups is 7. The summed E-state index contributed by atoms with van der Waals surface area (Å²) >= 11 is 0. The molecule has 0 spiro atoms. The minimum Gasteiger partial charge on any atom is -0.449 e.